The quantitative estimate of drug-likeness (QED) is 0.760. The number of carbonyl (C=O) groups excluding carboxylic acids is 1. The number of carboxylic acid groups (broad SMARTS) is 1. The van der Waals surface area contributed by atoms with Gasteiger partial charge in [-0.15, -0.1) is 11.8 Å². The van der Waals surface area contributed by atoms with Crippen molar-refractivity contribution in [3.63, 3.8) is 0 Å². The molecule has 0 aromatic heterocycles. The van der Waals surface area contributed by atoms with E-state index in [1.807, 2.05) is 32.0 Å². The molecule has 0 spiro atoms. The molecule has 21 heavy (non-hydrogen) atoms. The first kappa shape index (κ1) is 15.9. The minimum atomic E-state index is -0.938. The molecule has 1 amide bonds. The molecular weight excluding hydrogens is 286 g/mol. The van der Waals surface area contributed by atoms with Crippen LogP contribution in [0.2, 0.25) is 0 Å². The van der Waals surface area contributed by atoms with Gasteiger partial charge in [0.2, 0.25) is 5.91 Å². The fourth-order valence-corrected chi connectivity index (χ4v) is 3.09. The average molecular weight is 307 g/mol. The lowest BCUT2D eigenvalue weighted by Gasteiger charge is -2.14. The zero-order chi connectivity index (χ0) is 15.4. The van der Waals surface area contributed by atoms with Crippen LogP contribution >= 0.6 is 11.8 Å². The molecule has 1 aromatic rings. The van der Waals surface area contributed by atoms with E-state index in [0.29, 0.717) is 12.3 Å². The lowest BCUT2D eigenvalue weighted by atomic mass is 10.1. The van der Waals surface area contributed by atoms with Crippen molar-refractivity contribution in [3.05, 3.63) is 29.3 Å². The molecule has 1 fully saturated rings. The lowest BCUT2D eigenvalue weighted by molar-refractivity contribution is -0.141. The molecule has 5 heteroatoms. The summed E-state index contributed by atoms with van der Waals surface area (Å²) in [7, 11) is 0. The summed E-state index contributed by atoms with van der Waals surface area (Å²) in [6, 6.07) is 5.37. The van der Waals surface area contributed by atoms with Crippen molar-refractivity contribution in [1.82, 2.24) is 5.32 Å². The molecule has 2 N–H and O–H groups in total. The topological polar surface area (TPSA) is 66.4 Å². The van der Waals surface area contributed by atoms with E-state index in [1.54, 1.807) is 0 Å². The Morgan fingerprint density at radius 3 is 2.71 bits per heavy atom. The van der Waals surface area contributed by atoms with Gasteiger partial charge in [0.05, 0.1) is 5.75 Å². The van der Waals surface area contributed by atoms with E-state index in [-0.39, 0.29) is 11.7 Å². The van der Waals surface area contributed by atoms with Gasteiger partial charge in [-0.1, -0.05) is 30.5 Å². The molecule has 1 aliphatic carbocycles. The largest absolute Gasteiger partial charge is 0.480 e. The smallest absolute Gasteiger partial charge is 0.326 e. The molecule has 0 saturated heterocycles. The van der Waals surface area contributed by atoms with Gasteiger partial charge >= 0.3 is 5.97 Å². The molecule has 2 rings (SSSR count). The standard InChI is InChI=1S/C16H21NO3S/c1-10-3-4-11(2)14(7-10)21-9-15(18)17-13(16(19)20)8-12-5-6-12/h3-4,7,12-13H,5-6,8-9H2,1-2H3,(H,17,18)(H,19,20). The Morgan fingerprint density at radius 1 is 1.38 bits per heavy atom. The van der Waals surface area contributed by atoms with Crippen LogP contribution in [0.1, 0.15) is 30.4 Å². The van der Waals surface area contributed by atoms with E-state index < -0.39 is 12.0 Å². The highest BCUT2D eigenvalue weighted by Gasteiger charge is 2.30. The number of carboxylic acids is 1. The third-order valence-electron chi connectivity index (χ3n) is 3.60. The van der Waals surface area contributed by atoms with Gasteiger partial charge in [-0.2, -0.15) is 0 Å². The van der Waals surface area contributed by atoms with Crippen molar-refractivity contribution < 1.29 is 14.7 Å². The first-order valence-corrected chi connectivity index (χ1v) is 8.16. The molecular formula is C16H21NO3S. The molecule has 1 unspecified atom stereocenters. The van der Waals surface area contributed by atoms with Crippen LogP contribution in [0, 0.1) is 19.8 Å². The fraction of sp³-hybridized carbons (Fsp3) is 0.500. The predicted octanol–water partition coefficient (Wildman–Crippen LogP) is 2.77. The number of thioether (sulfide) groups is 1. The van der Waals surface area contributed by atoms with Crippen molar-refractivity contribution >= 4 is 23.6 Å². The average Bonchev–Trinajstić information content (AvgIpc) is 3.23. The number of aliphatic carboxylic acids is 1. The van der Waals surface area contributed by atoms with Gasteiger partial charge in [0.15, 0.2) is 0 Å². The molecule has 1 atom stereocenters. The first-order chi connectivity index (χ1) is 9.95. The first-order valence-electron chi connectivity index (χ1n) is 7.18. The van der Waals surface area contributed by atoms with E-state index >= 15 is 0 Å². The molecule has 114 valence electrons. The highest BCUT2D eigenvalue weighted by atomic mass is 32.2. The Balaban J connectivity index is 1.85. The van der Waals surface area contributed by atoms with Crippen LogP contribution in [0.15, 0.2) is 23.1 Å². The van der Waals surface area contributed by atoms with Crippen molar-refractivity contribution in [2.75, 3.05) is 5.75 Å². The van der Waals surface area contributed by atoms with E-state index in [9.17, 15) is 9.59 Å². The highest BCUT2D eigenvalue weighted by molar-refractivity contribution is 8.00. The third kappa shape index (κ3) is 5.08. The summed E-state index contributed by atoms with van der Waals surface area (Å²) < 4.78 is 0. The van der Waals surface area contributed by atoms with E-state index in [2.05, 4.69) is 5.32 Å². The molecule has 0 heterocycles. The SMILES string of the molecule is Cc1ccc(C)c(SCC(=O)NC(CC2CC2)C(=O)O)c1. The molecule has 1 saturated carbocycles. The van der Waals surface area contributed by atoms with Crippen molar-refractivity contribution in [2.45, 2.75) is 44.0 Å². The molecule has 4 nitrogen and oxygen atoms in total. The Kier molecular flexibility index (Phi) is 5.28. The lowest BCUT2D eigenvalue weighted by Crippen LogP contribution is -2.42. The number of benzene rings is 1. The Labute approximate surface area is 129 Å². The minimum Gasteiger partial charge on any atom is -0.480 e. The third-order valence-corrected chi connectivity index (χ3v) is 4.76. The second-order valence-electron chi connectivity index (χ2n) is 5.70. The Bertz CT molecular complexity index is 540. The summed E-state index contributed by atoms with van der Waals surface area (Å²) in [6.45, 7) is 4.02. The van der Waals surface area contributed by atoms with E-state index in [1.165, 1.54) is 11.8 Å². The normalized spacial score (nSPS) is 15.5. The van der Waals surface area contributed by atoms with Gasteiger partial charge < -0.3 is 10.4 Å². The summed E-state index contributed by atoms with van der Waals surface area (Å²) in [6.07, 6.45) is 2.71. The van der Waals surface area contributed by atoms with Crippen LogP contribution in [0.3, 0.4) is 0 Å². The predicted molar refractivity (Wildman–Crippen MR) is 83.5 cm³/mol. The molecule has 0 radical (unpaired) electrons. The zero-order valence-corrected chi connectivity index (χ0v) is 13.2. The maximum Gasteiger partial charge on any atom is 0.326 e. The zero-order valence-electron chi connectivity index (χ0n) is 12.4. The van der Waals surface area contributed by atoms with Crippen molar-refractivity contribution in [2.24, 2.45) is 5.92 Å². The van der Waals surface area contributed by atoms with E-state index in [4.69, 9.17) is 5.11 Å². The van der Waals surface area contributed by atoms with Crippen molar-refractivity contribution in [1.29, 1.82) is 0 Å². The van der Waals surface area contributed by atoms with Gasteiger partial charge in [-0.3, -0.25) is 4.79 Å². The van der Waals surface area contributed by atoms with Crippen LogP contribution in [-0.2, 0) is 9.59 Å². The number of nitrogens with one attached hydrogen (secondary N) is 1. The summed E-state index contributed by atoms with van der Waals surface area (Å²) in [4.78, 5) is 24.2. The van der Waals surface area contributed by atoms with Gasteiger partial charge in [-0.25, -0.2) is 4.79 Å². The highest BCUT2D eigenvalue weighted by Crippen LogP contribution is 2.33. The maximum absolute atomic E-state index is 11.9. The van der Waals surface area contributed by atoms with Crippen LogP contribution in [0.4, 0.5) is 0 Å². The second-order valence-corrected chi connectivity index (χ2v) is 6.71. The van der Waals surface area contributed by atoms with Gasteiger partial charge in [0, 0.05) is 4.90 Å². The molecule has 1 aromatic carbocycles. The molecule has 0 aliphatic heterocycles. The monoisotopic (exact) mass is 307 g/mol. The van der Waals surface area contributed by atoms with Crippen LogP contribution in [0.25, 0.3) is 0 Å². The van der Waals surface area contributed by atoms with Gasteiger partial charge in [0.1, 0.15) is 6.04 Å². The van der Waals surface area contributed by atoms with Crippen LogP contribution in [0.5, 0.6) is 0 Å². The van der Waals surface area contributed by atoms with Crippen LogP contribution in [-0.4, -0.2) is 28.8 Å². The summed E-state index contributed by atoms with van der Waals surface area (Å²) in [5.41, 5.74) is 2.28. The number of hydrogen-bond acceptors (Lipinski definition) is 3. The van der Waals surface area contributed by atoms with Gasteiger partial charge in [0.25, 0.3) is 0 Å². The minimum absolute atomic E-state index is 0.214. The number of aryl methyl sites for hydroxylation is 2. The second kappa shape index (κ2) is 6.98. The summed E-state index contributed by atoms with van der Waals surface area (Å²) >= 11 is 1.45. The molecule has 0 bridgehead atoms. The van der Waals surface area contributed by atoms with Gasteiger partial charge in [-0.05, 0) is 37.8 Å². The Morgan fingerprint density at radius 2 is 2.10 bits per heavy atom. The summed E-state index contributed by atoms with van der Waals surface area (Å²) in [5, 5.41) is 11.8. The number of carbonyl (C=O) groups is 2. The Hall–Kier alpha value is -1.49. The van der Waals surface area contributed by atoms with Crippen LogP contribution < -0.4 is 5.32 Å². The number of amides is 1. The molecule has 1 aliphatic rings. The van der Waals surface area contributed by atoms with Crippen molar-refractivity contribution in [3.8, 4) is 0 Å². The number of rotatable bonds is 7. The van der Waals surface area contributed by atoms with E-state index in [0.717, 1.165) is 28.9 Å². The number of hydrogen-bond donors (Lipinski definition) is 2. The summed E-state index contributed by atoms with van der Waals surface area (Å²) in [5.74, 6) is -0.433. The maximum atomic E-state index is 11.9. The fourth-order valence-electron chi connectivity index (χ4n) is 2.15.